The maximum Gasteiger partial charge on any atom is 0.234 e. The van der Waals surface area contributed by atoms with E-state index in [1.165, 1.54) is 19.3 Å². The molecule has 1 saturated heterocycles. The van der Waals surface area contributed by atoms with Gasteiger partial charge in [-0.2, -0.15) is 0 Å². The number of hydrazine groups is 1. The number of nitrogens with one attached hydrogen (secondary N) is 1. The average molecular weight is 291 g/mol. The van der Waals surface area contributed by atoms with Crippen molar-refractivity contribution in [3.8, 4) is 0 Å². The topological polar surface area (TPSA) is 32.3 Å². The third-order valence-electron chi connectivity index (χ3n) is 3.23. The smallest absolute Gasteiger partial charge is 0.234 e. The highest BCUT2D eigenvalue weighted by Crippen LogP contribution is 2.20. The molecule has 2 atom stereocenters. The zero-order chi connectivity index (χ0) is 12.0. The van der Waals surface area contributed by atoms with Crippen molar-refractivity contribution in [3.63, 3.8) is 0 Å². The summed E-state index contributed by atoms with van der Waals surface area (Å²) in [6.07, 6.45) is 6.32. The fourth-order valence-corrected chi connectivity index (χ4v) is 2.62. The van der Waals surface area contributed by atoms with Gasteiger partial charge in [0.1, 0.15) is 0 Å². The lowest BCUT2D eigenvalue weighted by molar-refractivity contribution is -0.129. The van der Waals surface area contributed by atoms with Crippen LogP contribution in [0.4, 0.5) is 0 Å². The Balaban J connectivity index is 2.30. The lowest BCUT2D eigenvalue weighted by Gasteiger charge is -2.38. The van der Waals surface area contributed by atoms with Crippen molar-refractivity contribution in [1.82, 2.24) is 10.4 Å². The van der Waals surface area contributed by atoms with Gasteiger partial charge in [-0.05, 0) is 39.5 Å². The Hall–Kier alpha value is -0.0900. The number of alkyl halides is 1. The van der Waals surface area contributed by atoms with Crippen molar-refractivity contribution >= 4 is 21.8 Å². The van der Waals surface area contributed by atoms with E-state index in [2.05, 4.69) is 40.2 Å². The normalized spacial score (nSPS) is 26.7. The van der Waals surface area contributed by atoms with Gasteiger partial charge in [0, 0.05) is 23.8 Å². The number of carbonyl (C=O) groups excluding carboxylic acids is 1. The number of carbonyl (C=O) groups is 1. The number of unbranched alkanes of at least 4 members (excludes halogenated alkanes) is 1. The molecule has 0 aromatic rings. The van der Waals surface area contributed by atoms with E-state index in [-0.39, 0.29) is 5.91 Å². The van der Waals surface area contributed by atoms with Gasteiger partial charge in [0.2, 0.25) is 5.91 Å². The summed E-state index contributed by atoms with van der Waals surface area (Å²) in [5.74, 6) is 0.168. The Kier molecular flexibility index (Phi) is 6.36. The first-order valence-corrected chi connectivity index (χ1v) is 7.41. The van der Waals surface area contributed by atoms with E-state index in [0.29, 0.717) is 18.5 Å². The monoisotopic (exact) mass is 290 g/mol. The van der Waals surface area contributed by atoms with Gasteiger partial charge in [0.05, 0.1) is 0 Å². The fraction of sp³-hybridized carbons (Fsp3) is 0.917. The van der Waals surface area contributed by atoms with Crippen molar-refractivity contribution in [2.75, 3.05) is 5.33 Å². The Morgan fingerprint density at radius 1 is 1.31 bits per heavy atom. The van der Waals surface area contributed by atoms with Crippen molar-refractivity contribution in [2.24, 2.45) is 0 Å². The number of halogens is 1. The first-order chi connectivity index (χ1) is 7.65. The van der Waals surface area contributed by atoms with Crippen molar-refractivity contribution in [3.05, 3.63) is 0 Å². The molecule has 1 fully saturated rings. The Bertz CT molecular complexity index is 213. The summed E-state index contributed by atoms with van der Waals surface area (Å²) in [6.45, 7) is 4.38. The molecule has 1 aliphatic heterocycles. The molecule has 1 amide bonds. The fourth-order valence-electron chi connectivity index (χ4n) is 2.22. The Labute approximate surface area is 107 Å². The standard InChI is InChI=1S/C12H23BrN2O/c1-10-6-5-7-11(2)15(10)14-12(16)8-3-4-9-13/h10-11H,3-9H2,1-2H3,(H,14,16). The van der Waals surface area contributed by atoms with E-state index in [9.17, 15) is 4.79 Å². The highest BCUT2D eigenvalue weighted by atomic mass is 79.9. The van der Waals surface area contributed by atoms with Crippen molar-refractivity contribution in [1.29, 1.82) is 0 Å². The van der Waals surface area contributed by atoms with Crippen LogP contribution < -0.4 is 5.43 Å². The maximum absolute atomic E-state index is 11.7. The van der Waals surface area contributed by atoms with Crippen LogP contribution in [0.15, 0.2) is 0 Å². The van der Waals surface area contributed by atoms with Crippen LogP contribution in [-0.2, 0) is 4.79 Å². The van der Waals surface area contributed by atoms with E-state index in [4.69, 9.17) is 0 Å². The van der Waals surface area contributed by atoms with E-state index in [1.807, 2.05) is 0 Å². The van der Waals surface area contributed by atoms with Gasteiger partial charge < -0.3 is 0 Å². The largest absolute Gasteiger partial charge is 0.288 e. The number of nitrogens with zero attached hydrogens (tertiary/aromatic N) is 1. The molecule has 1 rings (SSSR count). The highest BCUT2D eigenvalue weighted by Gasteiger charge is 2.25. The molecule has 0 saturated carbocycles. The molecule has 4 heteroatoms. The summed E-state index contributed by atoms with van der Waals surface area (Å²) in [5.41, 5.74) is 3.06. The SMILES string of the molecule is CC1CCCC(C)N1NC(=O)CCCCBr. The molecule has 0 spiro atoms. The summed E-state index contributed by atoms with van der Waals surface area (Å²) in [4.78, 5) is 11.7. The quantitative estimate of drug-likeness (QED) is 0.624. The van der Waals surface area contributed by atoms with Crippen LogP contribution >= 0.6 is 15.9 Å². The van der Waals surface area contributed by atoms with Gasteiger partial charge in [-0.15, -0.1) is 0 Å². The lowest BCUT2D eigenvalue weighted by Crippen LogP contribution is -2.54. The number of hydrogen-bond donors (Lipinski definition) is 1. The van der Waals surface area contributed by atoms with Crippen LogP contribution in [0.3, 0.4) is 0 Å². The molecule has 0 aromatic heterocycles. The zero-order valence-corrected chi connectivity index (χ0v) is 11.9. The van der Waals surface area contributed by atoms with Gasteiger partial charge in [0.15, 0.2) is 0 Å². The second kappa shape index (κ2) is 7.28. The number of amides is 1. The van der Waals surface area contributed by atoms with Crippen molar-refractivity contribution in [2.45, 2.75) is 64.5 Å². The maximum atomic E-state index is 11.7. The zero-order valence-electron chi connectivity index (χ0n) is 10.3. The Morgan fingerprint density at radius 2 is 1.94 bits per heavy atom. The first kappa shape index (κ1) is 14.0. The summed E-state index contributed by atoms with van der Waals surface area (Å²) in [7, 11) is 0. The molecule has 0 bridgehead atoms. The summed E-state index contributed by atoms with van der Waals surface area (Å²) >= 11 is 3.38. The van der Waals surface area contributed by atoms with E-state index >= 15 is 0 Å². The molecule has 0 radical (unpaired) electrons. The predicted octanol–water partition coefficient (Wildman–Crippen LogP) is 2.85. The van der Waals surface area contributed by atoms with Gasteiger partial charge in [-0.3, -0.25) is 10.2 Å². The molecule has 2 unspecified atom stereocenters. The molecule has 1 heterocycles. The second-order valence-corrected chi connectivity index (χ2v) is 5.51. The van der Waals surface area contributed by atoms with E-state index < -0.39 is 0 Å². The third-order valence-corrected chi connectivity index (χ3v) is 3.80. The minimum atomic E-state index is 0.168. The van der Waals surface area contributed by atoms with E-state index in [0.717, 1.165) is 18.2 Å². The van der Waals surface area contributed by atoms with Crippen LogP contribution in [0.5, 0.6) is 0 Å². The van der Waals surface area contributed by atoms with Crippen molar-refractivity contribution < 1.29 is 4.79 Å². The molecule has 3 nitrogen and oxygen atoms in total. The predicted molar refractivity (Wildman–Crippen MR) is 70.4 cm³/mol. The van der Waals surface area contributed by atoms with Gasteiger partial charge in [-0.1, -0.05) is 22.4 Å². The summed E-state index contributed by atoms with van der Waals surface area (Å²) in [5, 5.41) is 3.12. The molecule has 0 aromatic carbocycles. The lowest BCUT2D eigenvalue weighted by atomic mass is 10.00. The molecule has 1 aliphatic rings. The molecule has 1 N–H and O–H groups in total. The van der Waals surface area contributed by atoms with Crippen LogP contribution in [0.1, 0.15) is 52.4 Å². The number of piperidine rings is 1. The molecule has 16 heavy (non-hydrogen) atoms. The Morgan fingerprint density at radius 3 is 2.50 bits per heavy atom. The average Bonchev–Trinajstić information content (AvgIpc) is 2.24. The minimum absolute atomic E-state index is 0.168. The highest BCUT2D eigenvalue weighted by molar-refractivity contribution is 9.09. The summed E-state index contributed by atoms with van der Waals surface area (Å²) in [6, 6.07) is 0.952. The molecular formula is C12H23BrN2O. The second-order valence-electron chi connectivity index (χ2n) is 4.72. The van der Waals surface area contributed by atoms with Gasteiger partial charge in [0.25, 0.3) is 0 Å². The van der Waals surface area contributed by atoms with Gasteiger partial charge in [-0.25, -0.2) is 5.01 Å². The van der Waals surface area contributed by atoms with Crippen LogP contribution in [0.25, 0.3) is 0 Å². The number of hydrogen-bond acceptors (Lipinski definition) is 2. The molecule has 94 valence electrons. The molecule has 0 aliphatic carbocycles. The molecular weight excluding hydrogens is 268 g/mol. The third kappa shape index (κ3) is 4.42. The van der Waals surface area contributed by atoms with Crippen LogP contribution in [0.2, 0.25) is 0 Å². The first-order valence-electron chi connectivity index (χ1n) is 6.29. The van der Waals surface area contributed by atoms with Gasteiger partial charge >= 0.3 is 0 Å². The minimum Gasteiger partial charge on any atom is -0.288 e. The van der Waals surface area contributed by atoms with E-state index in [1.54, 1.807) is 0 Å². The van der Waals surface area contributed by atoms with Crippen LogP contribution in [0, 0.1) is 0 Å². The number of rotatable bonds is 5. The van der Waals surface area contributed by atoms with Crippen LogP contribution in [-0.4, -0.2) is 28.3 Å². The summed E-state index contributed by atoms with van der Waals surface area (Å²) < 4.78 is 0.